The second-order valence-corrected chi connectivity index (χ2v) is 4.56. The van der Waals surface area contributed by atoms with Gasteiger partial charge in [0, 0.05) is 5.69 Å². The van der Waals surface area contributed by atoms with Gasteiger partial charge in [-0.05, 0) is 49.3 Å². The molecule has 0 atom stereocenters. The molecule has 0 saturated heterocycles. The molecule has 0 radical (unpaired) electrons. The zero-order valence-corrected chi connectivity index (χ0v) is 9.23. The zero-order valence-electron chi connectivity index (χ0n) is 9.23. The number of anilines is 1. The molecule has 16 heavy (non-hydrogen) atoms. The third-order valence-corrected chi connectivity index (χ3v) is 3.46. The van der Waals surface area contributed by atoms with Crippen molar-refractivity contribution in [3.63, 3.8) is 0 Å². The Bertz CT molecular complexity index is 381. The summed E-state index contributed by atoms with van der Waals surface area (Å²) < 4.78 is 0. The fraction of sp³-hybridized carbons (Fsp3) is 0.462. The first-order valence-electron chi connectivity index (χ1n) is 5.75. The van der Waals surface area contributed by atoms with Crippen molar-refractivity contribution in [1.82, 2.24) is 0 Å². The van der Waals surface area contributed by atoms with E-state index < -0.39 is 5.97 Å². The quantitative estimate of drug-likeness (QED) is 0.751. The van der Waals surface area contributed by atoms with Crippen molar-refractivity contribution in [2.45, 2.75) is 31.6 Å². The Morgan fingerprint density at radius 3 is 2.50 bits per heavy atom. The molecule has 1 aromatic carbocycles. The Kier molecular flexibility index (Phi) is 3.13. The molecule has 3 N–H and O–H groups in total. The second-order valence-electron chi connectivity index (χ2n) is 4.56. The molecule has 0 aromatic heterocycles. The minimum absolute atomic E-state index is 0.141. The molecular formula is C13H17NO2. The molecule has 0 amide bonds. The van der Waals surface area contributed by atoms with E-state index in [9.17, 15) is 4.79 Å². The third-order valence-electron chi connectivity index (χ3n) is 3.46. The van der Waals surface area contributed by atoms with Gasteiger partial charge < -0.3 is 10.8 Å². The van der Waals surface area contributed by atoms with Gasteiger partial charge >= 0.3 is 5.97 Å². The fourth-order valence-corrected chi connectivity index (χ4v) is 2.49. The van der Waals surface area contributed by atoms with Crippen LogP contribution in [0, 0.1) is 5.92 Å². The van der Waals surface area contributed by atoms with Crippen LogP contribution < -0.4 is 5.73 Å². The normalized spacial score (nSPS) is 25.2. The zero-order chi connectivity index (χ0) is 11.5. The van der Waals surface area contributed by atoms with Crippen molar-refractivity contribution in [2.75, 3.05) is 5.73 Å². The lowest BCUT2D eigenvalue weighted by Gasteiger charge is -2.26. The van der Waals surface area contributed by atoms with Gasteiger partial charge in [-0.3, -0.25) is 4.79 Å². The molecule has 3 nitrogen and oxygen atoms in total. The molecule has 2 rings (SSSR count). The van der Waals surface area contributed by atoms with E-state index in [1.165, 1.54) is 5.56 Å². The average Bonchev–Trinajstić information content (AvgIpc) is 2.29. The van der Waals surface area contributed by atoms with Crippen LogP contribution >= 0.6 is 0 Å². The van der Waals surface area contributed by atoms with Gasteiger partial charge in [-0.15, -0.1) is 0 Å². The monoisotopic (exact) mass is 219 g/mol. The number of nitrogen functional groups attached to an aromatic ring is 1. The largest absolute Gasteiger partial charge is 0.481 e. The van der Waals surface area contributed by atoms with Gasteiger partial charge in [0.05, 0.1) is 5.92 Å². The summed E-state index contributed by atoms with van der Waals surface area (Å²) in [4.78, 5) is 10.8. The third kappa shape index (κ3) is 2.35. The number of hydrogen-bond acceptors (Lipinski definition) is 2. The van der Waals surface area contributed by atoms with E-state index in [2.05, 4.69) is 6.07 Å². The van der Waals surface area contributed by atoms with Crippen molar-refractivity contribution in [2.24, 2.45) is 5.92 Å². The highest BCUT2D eigenvalue weighted by molar-refractivity contribution is 5.70. The summed E-state index contributed by atoms with van der Waals surface area (Å²) >= 11 is 0. The highest BCUT2D eigenvalue weighted by atomic mass is 16.4. The van der Waals surface area contributed by atoms with Crippen LogP contribution in [-0.2, 0) is 4.79 Å². The van der Waals surface area contributed by atoms with Gasteiger partial charge in [-0.1, -0.05) is 12.1 Å². The SMILES string of the molecule is Nc1cccc(C2CCC(C(=O)O)CC2)c1. The molecule has 0 spiro atoms. The number of hydrogen-bond donors (Lipinski definition) is 2. The summed E-state index contributed by atoms with van der Waals surface area (Å²) in [6, 6.07) is 7.94. The van der Waals surface area contributed by atoms with Crippen molar-refractivity contribution in [3.05, 3.63) is 29.8 Å². The molecule has 0 aliphatic heterocycles. The van der Waals surface area contributed by atoms with Crippen LogP contribution in [-0.4, -0.2) is 11.1 Å². The lowest BCUT2D eigenvalue weighted by Crippen LogP contribution is -2.20. The highest BCUT2D eigenvalue weighted by Crippen LogP contribution is 2.36. The van der Waals surface area contributed by atoms with Gasteiger partial charge in [-0.2, -0.15) is 0 Å². The minimum atomic E-state index is -0.647. The van der Waals surface area contributed by atoms with E-state index in [-0.39, 0.29) is 5.92 Å². The van der Waals surface area contributed by atoms with Crippen LogP contribution in [0.3, 0.4) is 0 Å². The van der Waals surface area contributed by atoms with Crippen LogP contribution in [0.15, 0.2) is 24.3 Å². The second kappa shape index (κ2) is 4.56. The molecule has 3 heteroatoms. The van der Waals surface area contributed by atoms with Crippen LogP contribution in [0.4, 0.5) is 5.69 Å². The Hall–Kier alpha value is -1.51. The Morgan fingerprint density at radius 1 is 1.25 bits per heavy atom. The molecular weight excluding hydrogens is 202 g/mol. The number of nitrogens with two attached hydrogens (primary N) is 1. The molecule has 86 valence electrons. The molecule has 1 saturated carbocycles. The summed E-state index contributed by atoms with van der Waals surface area (Å²) in [6.07, 6.45) is 3.49. The maximum atomic E-state index is 10.8. The van der Waals surface area contributed by atoms with Crippen molar-refractivity contribution >= 4 is 11.7 Å². The highest BCUT2D eigenvalue weighted by Gasteiger charge is 2.26. The fourth-order valence-electron chi connectivity index (χ4n) is 2.49. The van der Waals surface area contributed by atoms with Crippen LogP contribution in [0.5, 0.6) is 0 Å². The molecule has 1 fully saturated rings. The van der Waals surface area contributed by atoms with Crippen molar-refractivity contribution in [3.8, 4) is 0 Å². The van der Waals surface area contributed by atoms with E-state index in [1.807, 2.05) is 18.2 Å². The molecule has 0 heterocycles. The summed E-state index contributed by atoms with van der Waals surface area (Å²) in [5, 5.41) is 8.92. The molecule has 1 aliphatic rings. The van der Waals surface area contributed by atoms with Crippen LogP contribution in [0.2, 0.25) is 0 Å². The Balaban J connectivity index is 2.01. The lowest BCUT2D eigenvalue weighted by molar-refractivity contribution is -0.142. The number of carboxylic acids is 1. The predicted molar refractivity (Wildman–Crippen MR) is 63.2 cm³/mol. The van der Waals surface area contributed by atoms with Crippen molar-refractivity contribution in [1.29, 1.82) is 0 Å². The van der Waals surface area contributed by atoms with Gasteiger partial charge in [0.25, 0.3) is 0 Å². The smallest absolute Gasteiger partial charge is 0.306 e. The van der Waals surface area contributed by atoms with Gasteiger partial charge in [-0.25, -0.2) is 0 Å². The summed E-state index contributed by atoms with van der Waals surface area (Å²) in [5.41, 5.74) is 7.79. The number of rotatable bonds is 2. The van der Waals surface area contributed by atoms with E-state index in [0.29, 0.717) is 5.92 Å². The number of carboxylic acid groups (broad SMARTS) is 1. The summed E-state index contributed by atoms with van der Waals surface area (Å²) in [6.45, 7) is 0. The number of benzene rings is 1. The summed E-state index contributed by atoms with van der Waals surface area (Å²) in [7, 11) is 0. The van der Waals surface area contributed by atoms with Gasteiger partial charge in [0.15, 0.2) is 0 Å². The van der Waals surface area contributed by atoms with E-state index in [1.54, 1.807) is 0 Å². The summed E-state index contributed by atoms with van der Waals surface area (Å²) in [5.74, 6) is -0.303. The maximum Gasteiger partial charge on any atom is 0.306 e. The Morgan fingerprint density at radius 2 is 1.94 bits per heavy atom. The number of aliphatic carboxylic acids is 1. The van der Waals surface area contributed by atoms with E-state index in [4.69, 9.17) is 10.8 Å². The van der Waals surface area contributed by atoms with Crippen LogP contribution in [0.1, 0.15) is 37.2 Å². The topological polar surface area (TPSA) is 63.3 Å². The van der Waals surface area contributed by atoms with E-state index >= 15 is 0 Å². The first-order valence-corrected chi connectivity index (χ1v) is 5.75. The molecule has 0 bridgehead atoms. The van der Waals surface area contributed by atoms with E-state index in [0.717, 1.165) is 31.4 Å². The first-order chi connectivity index (χ1) is 7.66. The predicted octanol–water partition coefficient (Wildman–Crippen LogP) is 2.63. The van der Waals surface area contributed by atoms with Crippen molar-refractivity contribution < 1.29 is 9.90 Å². The average molecular weight is 219 g/mol. The minimum Gasteiger partial charge on any atom is -0.481 e. The van der Waals surface area contributed by atoms with Crippen LogP contribution in [0.25, 0.3) is 0 Å². The maximum absolute atomic E-state index is 10.8. The molecule has 1 aromatic rings. The van der Waals surface area contributed by atoms with Gasteiger partial charge in [0.2, 0.25) is 0 Å². The first kappa shape index (κ1) is 11.0. The van der Waals surface area contributed by atoms with Gasteiger partial charge in [0.1, 0.15) is 0 Å². The molecule has 0 unspecified atom stereocenters. The molecule has 1 aliphatic carbocycles. The lowest BCUT2D eigenvalue weighted by atomic mass is 9.79. The standard InChI is InChI=1S/C13H17NO2/c14-12-3-1-2-11(8-12)9-4-6-10(7-5-9)13(15)16/h1-3,8-10H,4-7,14H2,(H,15,16). The Labute approximate surface area is 95.3 Å². The number of carbonyl (C=O) groups is 1.